The second-order valence-electron chi connectivity index (χ2n) is 8.51. The first-order valence-corrected chi connectivity index (χ1v) is 10.9. The van der Waals surface area contributed by atoms with Crippen LogP contribution in [0.2, 0.25) is 0 Å². The van der Waals surface area contributed by atoms with Crippen LogP contribution in [0.1, 0.15) is 57.9 Å². The first kappa shape index (κ1) is 21.2. The molecule has 2 N–H and O–H groups in total. The summed E-state index contributed by atoms with van der Waals surface area (Å²) in [6, 6.07) is 6.14. The summed E-state index contributed by atoms with van der Waals surface area (Å²) in [4.78, 5) is 34.0. The van der Waals surface area contributed by atoms with E-state index in [1.807, 2.05) is 29.7 Å². The molecule has 0 fully saturated rings. The maximum Gasteiger partial charge on any atom is 0.413 e. The summed E-state index contributed by atoms with van der Waals surface area (Å²) < 4.78 is 15.6. The van der Waals surface area contributed by atoms with Gasteiger partial charge in [0.15, 0.2) is 5.52 Å². The van der Waals surface area contributed by atoms with E-state index in [4.69, 9.17) is 0 Å². The van der Waals surface area contributed by atoms with Gasteiger partial charge in [-0.15, -0.1) is 0 Å². The Hall–Kier alpha value is -3.09. The molecular formula is C24H28FN4O2+. The predicted octanol–water partition coefficient (Wildman–Crippen LogP) is 4.17. The summed E-state index contributed by atoms with van der Waals surface area (Å²) in [6.07, 6.45) is 6.78. The molecule has 1 aliphatic rings. The zero-order chi connectivity index (χ0) is 22.1. The van der Waals surface area contributed by atoms with E-state index in [2.05, 4.69) is 34.9 Å². The molecule has 162 valence electrons. The topological polar surface area (TPSA) is 82.5 Å². The van der Waals surface area contributed by atoms with Gasteiger partial charge in [0.1, 0.15) is 11.3 Å². The minimum atomic E-state index is -0.548. The lowest BCUT2D eigenvalue weighted by Gasteiger charge is -2.16. The molecular weight excluding hydrogens is 395 g/mol. The minimum absolute atomic E-state index is 0.0711. The van der Waals surface area contributed by atoms with Crippen molar-refractivity contribution in [2.45, 2.75) is 58.9 Å². The number of nitrogens with zero attached hydrogens (tertiary/aromatic N) is 2. The van der Waals surface area contributed by atoms with Crippen molar-refractivity contribution in [1.82, 2.24) is 15.0 Å². The second kappa shape index (κ2) is 8.57. The van der Waals surface area contributed by atoms with Gasteiger partial charge in [-0.1, -0.05) is 38.5 Å². The lowest BCUT2D eigenvalue weighted by molar-refractivity contribution is -0.648. The Morgan fingerprint density at radius 3 is 2.81 bits per heavy atom. The molecule has 2 aromatic heterocycles. The number of allylic oxidation sites excluding steroid dienone is 4. The standard InChI is InChI=1S/C24H27FN4O2/c1-4-14(2)17-8-10-20-19(13-17)26-21-22(27-24(31)28-23(21)30)29(20)11-5-6-16-7-9-18(25)15(3)12-16/h7-10,13-15H,4-6,11-12H2,1-3H3,(H,28,30,31)/p+1. The maximum atomic E-state index is 13.6. The fourth-order valence-electron chi connectivity index (χ4n) is 4.21. The van der Waals surface area contributed by atoms with E-state index in [-0.39, 0.29) is 17.3 Å². The highest BCUT2D eigenvalue weighted by molar-refractivity contribution is 5.79. The largest absolute Gasteiger partial charge is 0.413 e. The van der Waals surface area contributed by atoms with Crippen LogP contribution in [-0.4, -0.2) is 15.0 Å². The highest BCUT2D eigenvalue weighted by Gasteiger charge is 2.20. The van der Waals surface area contributed by atoms with Crippen molar-refractivity contribution in [2.75, 3.05) is 0 Å². The van der Waals surface area contributed by atoms with Crippen LogP contribution in [-0.2, 0) is 6.54 Å². The van der Waals surface area contributed by atoms with Crippen molar-refractivity contribution in [3.8, 4) is 0 Å². The minimum Gasteiger partial charge on any atom is -0.267 e. The second-order valence-corrected chi connectivity index (χ2v) is 8.51. The Kier molecular flexibility index (Phi) is 5.85. The summed E-state index contributed by atoms with van der Waals surface area (Å²) in [5.41, 5.74) is 3.60. The van der Waals surface area contributed by atoms with Crippen LogP contribution in [0.15, 0.2) is 51.3 Å². The highest BCUT2D eigenvalue weighted by Crippen LogP contribution is 2.28. The Morgan fingerprint density at radius 1 is 1.26 bits per heavy atom. The van der Waals surface area contributed by atoms with E-state index >= 15 is 0 Å². The van der Waals surface area contributed by atoms with E-state index < -0.39 is 11.2 Å². The van der Waals surface area contributed by atoms with Gasteiger partial charge >= 0.3 is 11.3 Å². The number of aromatic nitrogens is 4. The molecule has 2 atom stereocenters. The molecule has 31 heavy (non-hydrogen) atoms. The third kappa shape index (κ3) is 4.22. The summed E-state index contributed by atoms with van der Waals surface area (Å²) in [6.45, 7) is 6.80. The Labute approximate surface area is 179 Å². The molecule has 2 heterocycles. The van der Waals surface area contributed by atoms with Crippen molar-refractivity contribution in [1.29, 1.82) is 0 Å². The van der Waals surface area contributed by atoms with E-state index in [9.17, 15) is 14.0 Å². The normalized spacial score (nSPS) is 17.6. The van der Waals surface area contributed by atoms with Gasteiger partial charge in [0.2, 0.25) is 5.52 Å². The molecule has 3 aromatic rings. The zero-order valence-corrected chi connectivity index (χ0v) is 18.2. The molecule has 0 bridgehead atoms. The molecule has 1 aromatic carbocycles. The van der Waals surface area contributed by atoms with Crippen molar-refractivity contribution in [3.63, 3.8) is 0 Å². The molecule has 0 saturated carbocycles. The summed E-state index contributed by atoms with van der Waals surface area (Å²) in [5, 5.41) is 0. The molecule has 0 aliphatic heterocycles. The number of halogens is 1. The molecule has 4 rings (SSSR count). The number of H-pyrrole nitrogens is 2. The Balaban J connectivity index is 1.75. The lowest BCUT2D eigenvalue weighted by Crippen LogP contribution is -2.40. The fraction of sp³-hybridized carbons (Fsp3) is 0.417. The number of benzene rings is 1. The van der Waals surface area contributed by atoms with Crippen LogP contribution in [0.4, 0.5) is 4.39 Å². The van der Waals surface area contributed by atoms with Gasteiger partial charge in [0.05, 0.1) is 6.54 Å². The molecule has 0 amide bonds. The Bertz CT molecular complexity index is 1320. The maximum absolute atomic E-state index is 13.6. The van der Waals surface area contributed by atoms with E-state index in [1.54, 1.807) is 6.08 Å². The van der Waals surface area contributed by atoms with Crippen LogP contribution in [0.25, 0.3) is 22.2 Å². The number of fused-ring (bicyclic) bond motifs is 2. The number of aromatic amines is 2. The average molecular weight is 424 g/mol. The van der Waals surface area contributed by atoms with E-state index in [1.165, 1.54) is 11.1 Å². The highest BCUT2D eigenvalue weighted by atomic mass is 19.1. The number of nitrogens with one attached hydrogen (secondary N) is 2. The zero-order valence-electron chi connectivity index (χ0n) is 18.2. The van der Waals surface area contributed by atoms with Crippen molar-refractivity contribution in [3.05, 3.63) is 68.2 Å². The van der Waals surface area contributed by atoms with Gasteiger partial charge in [0, 0.05) is 5.92 Å². The van der Waals surface area contributed by atoms with Gasteiger partial charge in [-0.2, -0.15) is 4.98 Å². The average Bonchev–Trinajstić information content (AvgIpc) is 2.75. The number of hydrogen-bond donors (Lipinski definition) is 2. The number of hydrogen-bond acceptors (Lipinski definition) is 3. The molecule has 2 unspecified atom stereocenters. The molecule has 0 radical (unpaired) electrons. The van der Waals surface area contributed by atoms with E-state index in [0.717, 1.165) is 36.7 Å². The molecule has 6 nitrogen and oxygen atoms in total. The van der Waals surface area contributed by atoms with Crippen LogP contribution >= 0.6 is 0 Å². The quantitative estimate of drug-likeness (QED) is 0.461. The number of aryl methyl sites for hydroxylation is 1. The molecule has 1 aliphatic carbocycles. The predicted molar refractivity (Wildman–Crippen MR) is 120 cm³/mol. The molecule has 0 spiro atoms. The van der Waals surface area contributed by atoms with Crippen LogP contribution in [0.5, 0.6) is 0 Å². The van der Waals surface area contributed by atoms with Gasteiger partial charge < -0.3 is 0 Å². The van der Waals surface area contributed by atoms with Crippen LogP contribution < -0.4 is 15.8 Å². The summed E-state index contributed by atoms with van der Waals surface area (Å²) in [5.74, 6) is 0.236. The van der Waals surface area contributed by atoms with Crippen LogP contribution in [0.3, 0.4) is 0 Å². The lowest BCUT2D eigenvalue weighted by atomic mass is 9.92. The monoisotopic (exact) mass is 423 g/mol. The first-order valence-electron chi connectivity index (χ1n) is 10.9. The van der Waals surface area contributed by atoms with Gasteiger partial charge in [-0.3, -0.25) is 9.78 Å². The molecule has 0 saturated heterocycles. The smallest absolute Gasteiger partial charge is 0.267 e. The van der Waals surface area contributed by atoms with Gasteiger partial charge in [0.25, 0.3) is 5.56 Å². The molecule has 7 heteroatoms. The van der Waals surface area contributed by atoms with Crippen molar-refractivity contribution >= 4 is 22.2 Å². The van der Waals surface area contributed by atoms with E-state index in [0.29, 0.717) is 18.1 Å². The third-order valence-corrected chi connectivity index (χ3v) is 6.27. The first-order chi connectivity index (χ1) is 14.9. The fourth-order valence-corrected chi connectivity index (χ4v) is 4.21. The van der Waals surface area contributed by atoms with Gasteiger partial charge in [-0.25, -0.2) is 18.7 Å². The SMILES string of the molecule is CCC(C)c1ccc2c(c1)nc1c(=O)[nH]c(=O)[nH]c1[n+]2CCCC1=CC=C(F)C(C)C1. The van der Waals surface area contributed by atoms with Crippen molar-refractivity contribution in [2.24, 2.45) is 5.92 Å². The number of rotatable bonds is 6. The summed E-state index contributed by atoms with van der Waals surface area (Å²) in [7, 11) is 0. The third-order valence-electron chi connectivity index (χ3n) is 6.27. The van der Waals surface area contributed by atoms with Crippen LogP contribution in [0, 0.1) is 5.92 Å². The Morgan fingerprint density at radius 2 is 2.06 bits per heavy atom. The van der Waals surface area contributed by atoms with Crippen molar-refractivity contribution < 1.29 is 8.96 Å². The van der Waals surface area contributed by atoms with Gasteiger partial charge in [-0.05, 0) is 55.4 Å². The summed E-state index contributed by atoms with van der Waals surface area (Å²) >= 11 is 0.